The van der Waals surface area contributed by atoms with Gasteiger partial charge in [-0.25, -0.2) is 0 Å². The Balaban J connectivity index is 2.38. The van der Waals surface area contributed by atoms with Crippen LogP contribution >= 0.6 is 0 Å². The van der Waals surface area contributed by atoms with Crippen LogP contribution in [0.25, 0.3) is 0 Å². The van der Waals surface area contributed by atoms with Crippen LogP contribution in [0.4, 0.5) is 0 Å². The monoisotopic (exact) mass is 190 g/mol. The molecule has 1 aliphatic rings. The second kappa shape index (κ2) is 3.71. The van der Waals surface area contributed by atoms with Crippen LogP contribution in [0.5, 0.6) is 0 Å². The summed E-state index contributed by atoms with van der Waals surface area (Å²) in [6, 6.07) is 4.44. The Morgan fingerprint density at radius 1 is 1.00 bits per heavy atom. The molecule has 0 unspecified atom stereocenters. The molecule has 0 aliphatic carbocycles. The van der Waals surface area contributed by atoms with Crippen LogP contribution in [0.2, 0.25) is 0 Å². The summed E-state index contributed by atoms with van der Waals surface area (Å²) >= 11 is 0. The molecule has 1 fully saturated rings. The van der Waals surface area contributed by atoms with Gasteiger partial charge < -0.3 is 0 Å². The molecule has 76 valence electrons. The van der Waals surface area contributed by atoms with Gasteiger partial charge in [-0.05, 0) is 43.0 Å². The number of hydrogen-bond donors (Lipinski definition) is 2. The molecule has 1 saturated heterocycles. The number of hydrogen-bond acceptors (Lipinski definition) is 2. The van der Waals surface area contributed by atoms with Crippen LogP contribution in [0, 0.1) is 20.8 Å². The maximum Gasteiger partial charge on any atom is 0.0839 e. The highest BCUT2D eigenvalue weighted by Crippen LogP contribution is 2.22. The van der Waals surface area contributed by atoms with E-state index in [9.17, 15) is 0 Å². The lowest BCUT2D eigenvalue weighted by atomic mass is 9.97. The minimum atomic E-state index is 0.356. The molecule has 0 bridgehead atoms. The highest BCUT2D eigenvalue weighted by Gasteiger charge is 2.17. The molecule has 0 amide bonds. The summed E-state index contributed by atoms with van der Waals surface area (Å²) in [5.41, 5.74) is 5.60. The van der Waals surface area contributed by atoms with Crippen molar-refractivity contribution in [2.24, 2.45) is 0 Å². The maximum absolute atomic E-state index is 3.45. The lowest BCUT2D eigenvalue weighted by Gasteiger charge is -2.17. The average molecular weight is 190 g/mol. The Kier molecular flexibility index (Phi) is 2.57. The van der Waals surface area contributed by atoms with Crippen LogP contribution in [-0.2, 0) is 0 Å². The van der Waals surface area contributed by atoms with Crippen molar-refractivity contribution < 1.29 is 0 Å². The second-order valence-electron chi connectivity index (χ2n) is 4.06. The average Bonchev–Trinajstić information content (AvgIpc) is 2.67. The van der Waals surface area contributed by atoms with Gasteiger partial charge in [0.25, 0.3) is 0 Å². The zero-order valence-corrected chi connectivity index (χ0v) is 9.15. The van der Waals surface area contributed by atoms with Crippen LogP contribution in [0.3, 0.4) is 0 Å². The van der Waals surface area contributed by atoms with Crippen LogP contribution < -0.4 is 10.6 Å². The third-order valence-corrected chi connectivity index (χ3v) is 3.23. The van der Waals surface area contributed by atoms with E-state index in [4.69, 9.17) is 0 Å². The minimum Gasteiger partial charge on any atom is -0.297 e. The highest BCUT2D eigenvalue weighted by atomic mass is 15.2. The van der Waals surface area contributed by atoms with E-state index in [-0.39, 0.29) is 0 Å². The minimum absolute atomic E-state index is 0.356. The largest absolute Gasteiger partial charge is 0.297 e. The SMILES string of the molecule is Cc1ccc(C2NCCN2)c(C)c1C. The fraction of sp³-hybridized carbons (Fsp3) is 0.500. The Bertz CT molecular complexity index is 338. The van der Waals surface area contributed by atoms with E-state index in [1.165, 1.54) is 22.3 Å². The molecule has 1 aromatic carbocycles. The van der Waals surface area contributed by atoms with E-state index in [0.29, 0.717) is 6.17 Å². The van der Waals surface area contributed by atoms with Gasteiger partial charge in [-0.2, -0.15) is 0 Å². The van der Waals surface area contributed by atoms with Gasteiger partial charge in [0.1, 0.15) is 0 Å². The van der Waals surface area contributed by atoms with E-state index < -0.39 is 0 Å². The lowest BCUT2D eigenvalue weighted by molar-refractivity contribution is 0.584. The van der Waals surface area contributed by atoms with Crippen LogP contribution in [0.15, 0.2) is 12.1 Å². The molecule has 0 spiro atoms. The molecule has 2 rings (SSSR count). The van der Waals surface area contributed by atoms with E-state index in [2.05, 4.69) is 43.5 Å². The molecule has 0 saturated carbocycles. The smallest absolute Gasteiger partial charge is 0.0839 e. The van der Waals surface area contributed by atoms with E-state index >= 15 is 0 Å². The third-order valence-electron chi connectivity index (χ3n) is 3.23. The lowest BCUT2D eigenvalue weighted by Crippen LogP contribution is -2.22. The Hall–Kier alpha value is -0.860. The number of aryl methyl sites for hydroxylation is 1. The van der Waals surface area contributed by atoms with Crippen LogP contribution in [-0.4, -0.2) is 13.1 Å². The summed E-state index contributed by atoms with van der Waals surface area (Å²) in [6.07, 6.45) is 0.356. The number of rotatable bonds is 1. The van der Waals surface area contributed by atoms with Crippen molar-refractivity contribution in [3.8, 4) is 0 Å². The van der Waals surface area contributed by atoms with E-state index in [0.717, 1.165) is 13.1 Å². The van der Waals surface area contributed by atoms with Crippen molar-refractivity contribution in [1.29, 1.82) is 0 Å². The van der Waals surface area contributed by atoms with Gasteiger partial charge in [0.2, 0.25) is 0 Å². The van der Waals surface area contributed by atoms with E-state index in [1.54, 1.807) is 0 Å². The summed E-state index contributed by atoms with van der Waals surface area (Å²) in [4.78, 5) is 0. The van der Waals surface area contributed by atoms with E-state index in [1.807, 2.05) is 0 Å². The fourth-order valence-electron chi connectivity index (χ4n) is 2.01. The highest BCUT2D eigenvalue weighted by molar-refractivity contribution is 5.40. The predicted octanol–water partition coefficient (Wildman–Crippen LogP) is 1.80. The molecular weight excluding hydrogens is 172 g/mol. The molecule has 0 radical (unpaired) electrons. The zero-order valence-electron chi connectivity index (χ0n) is 9.15. The molecule has 0 aromatic heterocycles. The van der Waals surface area contributed by atoms with Gasteiger partial charge >= 0.3 is 0 Å². The molecule has 14 heavy (non-hydrogen) atoms. The second-order valence-corrected chi connectivity index (χ2v) is 4.06. The summed E-state index contributed by atoms with van der Waals surface area (Å²) in [7, 11) is 0. The summed E-state index contributed by atoms with van der Waals surface area (Å²) in [5, 5.41) is 6.90. The van der Waals surface area contributed by atoms with Gasteiger partial charge in [0.15, 0.2) is 0 Å². The first-order chi connectivity index (χ1) is 6.70. The third kappa shape index (κ3) is 1.56. The standard InChI is InChI=1S/C12H18N2/c1-8-4-5-11(10(3)9(8)2)12-13-6-7-14-12/h4-5,12-14H,6-7H2,1-3H3. The van der Waals surface area contributed by atoms with Crippen molar-refractivity contribution in [2.75, 3.05) is 13.1 Å². The van der Waals surface area contributed by atoms with Crippen molar-refractivity contribution in [1.82, 2.24) is 10.6 Å². The molecule has 1 aromatic rings. The number of benzene rings is 1. The molecule has 0 atom stereocenters. The summed E-state index contributed by atoms with van der Waals surface area (Å²) in [5.74, 6) is 0. The summed E-state index contributed by atoms with van der Waals surface area (Å²) < 4.78 is 0. The Labute approximate surface area is 85.7 Å². The Morgan fingerprint density at radius 2 is 1.64 bits per heavy atom. The van der Waals surface area contributed by atoms with Gasteiger partial charge in [-0.15, -0.1) is 0 Å². The van der Waals surface area contributed by atoms with Crippen molar-refractivity contribution in [3.63, 3.8) is 0 Å². The fourth-order valence-corrected chi connectivity index (χ4v) is 2.01. The zero-order chi connectivity index (χ0) is 10.1. The van der Waals surface area contributed by atoms with Gasteiger partial charge in [0, 0.05) is 13.1 Å². The van der Waals surface area contributed by atoms with Gasteiger partial charge in [0.05, 0.1) is 6.17 Å². The van der Waals surface area contributed by atoms with Crippen LogP contribution in [0.1, 0.15) is 28.4 Å². The first kappa shape index (κ1) is 9.69. The molecule has 2 N–H and O–H groups in total. The summed E-state index contributed by atoms with van der Waals surface area (Å²) in [6.45, 7) is 8.71. The molecule has 2 heteroatoms. The maximum atomic E-state index is 3.45. The van der Waals surface area contributed by atoms with Crippen molar-refractivity contribution in [3.05, 3.63) is 34.4 Å². The molecule has 1 aliphatic heterocycles. The van der Waals surface area contributed by atoms with Gasteiger partial charge in [-0.1, -0.05) is 12.1 Å². The number of nitrogens with one attached hydrogen (secondary N) is 2. The van der Waals surface area contributed by atoms with Crippen molar-refractivity contribution >= 4 is 0 Å². The quantitative estimate of drug-likeness (QED) is 0.705. The van der Waals surface area contributed by atoms with Crippen molar-refractivity contribution in [2.45, 2.75) is 26.9 Å². The molecule has 1 heterocycles. The molecule has 2 nitrogen and oxygen atoms in total. The van der Waals surface area contributed by atoms with Gasteiger partial charge in [-0.3, -0.25) is 10.6 Å². The Morgan fingerprint density at radius 3 is 2.29 bits per heavy atom. The first-order valence-electron chi connectivity index (χ1n) is 5.23. The molecular formula is C12H18N2. The normalized spacial score (nSPS) is 17.6. The topological polar surface area (TPSA) is 24.1 Å². The first-order valence-corrected chi connectivity index (χ1v) is 5.23. The predicted molar refractivity (Wildman–Crippen MR) is 59.4 cm³/mol.